The SMILES string of the molecule is COCCNC(=O)c1cc2ccc(OC(=O)COc3ccccc3C(C)(C)C)cc2oc1=O. The molecule has 0 fully saturated rings. The highest BCUT2D eigenvalue weighted by Gasteiger charge is 2.19. The van der Waals surface area contributed by atoms with E-state index in [9.17, 15) is 14.4 Å². The lowest BCUT2D eigenvalue weighted by Gasteiger charge is -2.22. The van der Waals surface area contributed by atoms with Gasteiger partial charge in [0, 0.05) is 25.1 Å². The summed E-state index contributed by atoms with van der Waals surface area (Å²) in [5.41, 5.74) is 0.123. The Balaban J connectivity index is 1.69. The number of carbonyl (C=O) groups is 2. The highest BCUT2D eigenvalue weighted by molar-refractivity contribution is 5.96. The summed E-state index contributed by atoms with van der Waals surface area (Å²) in [7, 11) is 1.51. The van der Waals surface area contributed by atoms with Crippen molar-refractivity contribution in [3.8, 4) is 11.5 Å². The standard InChI is InChI=1S/C25H27NO7/c1-25(2,3)19-7-5-6-8-20(19)31-15-22(27)32-17-10-9-16-13-18(23(28)26-11-12-30-4)24(29)33-21(16)14-17/h5-10,13-14H,11-12,15H2,1-4H3,(H,26,28). The van der Waals surface area contributed by atoms with Crippen LogP contribution in [0.3, 0.4) is 0 Å². The third-order valence-corrected chi connectivity index (χ3v) is 4.82. The van der Waals surface area contributed by atoms with Crippen LogP contribution in [-0.2, 0) is 14.9 Å². The Labute approximate surface area is 191 Å². The Morgan fingerprint density at radius 1 is 1.06 bits per heavy atom. The minimum absolute atomic E-state index is 0.116. The molecule has 1 aromatic heterocycles. The summed E-state index contributed by atoms with van der Waals surface area (Å²) >= 11 is 0. The van der Waals surface area contributed by atoms with Gasteiger partial charge in [-0.2, -0.15) is 0 Å². The smallest absolute Gasteiger partial charge is 0.349 e. The normalized spacial score (nSPS) is 11.3. The van der Waals surface area contributed by atoms with Crippen LogP contribution >= 0.6 is 0 Å². The predicted molar refractivity (Wildman–Crippen MR) is 123 cm³/mol. The van der Waals surface area contributed by atoms with Gasteiger partial charge in [-0.3, -0.25) is 4.79 Å². The van der Waals surface area contributed by atoms with Gasteiger partial charge in [0.1, 0.15) is 22.6 Å². The molecule has 0 bridgehead atoms. The maximum atomic E-state index is 12.3. The minimum atomic E-state index is -0.789. The van der Waals surface area contributed by atoms with E-state index in [4.69, 9.17) is 18.6 Å². The first-order valence-electron chi connectivity index (χ1n) is 10.5. The number of benzene rings is 2. The van der Waals surface area contributed by atoms with E-state index in [0.717, 1.165) is 5.56 Å². The molecule has 0 radical (unpaired) electrons. The number of fused-ring (bicyclic) bond motifs is 1. The number of carbonyl (C=O) groups excluding carboxylic acids is 2. The van der Waals surface area contributed by atoms with Crippen molar-refractivity contribution in [1.82, 2.24) is 5.32 Å². The lowest BCUT2D eigenvalue weighted by molar-refractivity contribution is -0.136. The van der Waals surface area contributed by atoms with Crippen LogP contribution in [-0.4, -0.2) is 38.7 Å². The summed E-state index contributed by atoms with van der Waals surface area (Å²) in [6.45, 7) is 6.49. The second-order valence-electron chi connectivity index (χ2n) is 8.40. The van der Waals surface area contributed by atoms with Gasteiger partial charge >= 0.3 is 11.6 Å². The molecular formula is C25H27NO7. The predicted octanol–water partition coefficient (Wildman–Crippen LogP) is 3.45. The lowest BCUT2D eigenvalue weighted by atomic mass is 9.86. The van der Waals surface area contributed by atoms with Crippen LogP contribution in [0.1, 0.15) is 36.7 Å². The van der Waals surface area contributed by atoms with Crippen molar-refractivity contribution in [2.24, 2.45) is 0 Å². The van der Waals surface area contributed by atoms with Gasteiger partial charge < -0.3 is 23.9 Å². The van der Waals surface area contributed by atoms with E-state index in [1.807, 2.05) is 24.3 Å². The molecule has 0 saturated heterocycles. The van der Waals surface area contributed by atoms with E-state index in [-0.39, 0.29) is 35.5 Å². The summed E-state index contributed by atoms with van der Waals surface area (Å²) < 4.78 is 21.1. The quantitative estimate of drug-likeness (QED) is 0.241. The van der Waals surface area contributed by atoms with Gasteiger partial charge in [-0.1, -0.05) is 39.0 Å². The molecule has 3 rings (SSSR count). The number of rotatable bonds is 8. The Kier molecular flexibility index (Phi) is 7.50. The average molecular weight is 453 g/mol. The molecule has 2 aromatic carbocycles. The Morgan fingerprint density at radius 2 is 1.82 bits per heavy atom. The summed E-state index contributed by atoms with van der Waals surface area (Å²) in [5, 5.41) is 3.09. The van der Waals surface area contributed by atoms with Crippen molar-refractivity contribution in [2.75, 3.05) is 26.9 Å². The summed E-state index contributed by atoms with van der Waals surface area (Å²) in [5.74, 6) is -0.344. The summed E-state index contributed by atoms with van der Waals surface area (Å²) in [6.07, 6.45) is 0. The van der Waals surface area contributed by atoms with E-state index in [0.29, 0.717) is 17.7 Å². The summed E-state index contributed by atoms with van der Waals surface area (Å²) in [6, 6.07) is 13.5. The first kappa shape index (κ1) is 24.0. The third kappa shape index (κ3) is 6.20. The van der Waals surface area contributed by atoms with E-state index >= 15 is 0 Å². The van der Waals surface area contributed by atoms with Crippen molar-refractivity contribution in [3.05, 3.63) is 70.1 Å². The van der Waals surface area contributed by atoms with Crippen LogP contribution in [0.5, 0.6) is 11.5 Å². The van der Waals surface area contributed by atoms with Crippen LogP contribution in [0.25, 0.3) is 11.0 Å². The highest BCUT2D eigenvalue weighted by Crippen LogP contribution is 2.31. The average Bonchev–Trinajstić information content (AvgIpc) is 2.77. The van der Waals surface area contributed by atoms with Crippen LogP contribution in [0.15, 0.2) is 57.7 Å². The highest BCUT2D eigenvalue weighted by atomic mass is 16.6. The molecule has 0 aliphatic carbocycles. The van der Waals surface area contributed by atoms with Gasteiger partial charge in [0.2, 0.25) is 0 Å². The maximum Gasteiger partial charge on any atom is 0.349 e. The second kappa shape index (κ2) is 10.3. The first-order valence-corrected chi connectivity index (χ1v) is 10.5. The zero-order valence-corrected chi connectivity index (χ0v) is 19.1. The second-order valence-corrected chi connectivity index (χ2v) is 8.40. The molecule has 174 valence electrons. The molecule has 8 nitrogen and oxygen atoms in total. The van der Waals surface area contributed by atoms with Crippen molar-refractivity contribution in [2.45, 2.75) is 26.2 Å². The minimum Gasteiger partial charge on any atom is -0.482 e. The van der Waals surface area contributed by atoms with Crippen LogP contribution in [0.2, 0.25) is 0 Å². The van der Waals surface area contributed by atoms with Crippen LogP contribution < -0.4 is 20.4 Å². The molecule has 1 amide bonds. The molecule has 0 unspecified atom stereocenters. The fourth-order valence-electron chi connectivity index (χ4n) is 3.18. The van der Waals surface area contributed by atoms with Gasteiger partial charge in [-0.05, 0) is 35.2 Å². The molecule has 1 N–H and O–H groups in total. The maximum absolute atomic E-state index is 12.3. The van der Waals surface area contributed by atoms with Crippen LogP contribution in [0, 0.1) is 0 Å². The molecule has 33 heavy (non-hydrogen) atoms. The fraction of sp³-hybridized carbons (Fsp3) is 0.320. The Bertz CT molecular complexity index is 1210. The largest absolute Gasteiger partial charge is 0.482 e. The Morgan fingerprint density at radius 3 is 2.55 bits per heavy atom. The number of amides is 1. The third-order valence-electron chi connectivity index (χ3n) is 4.82. The van der Waals surface area contributed by atoms with Gasteiger partial charge in [0.05, 0.1) is 6.61 Å². The number of nitrogens with one attached hydrogen (secondary N) is 1. The molecule has 0 saturated carbocycles. The Hall–Kier alpha value is -3.65. The topological polar surface area (TPSA) is 104 Å². The number of para-hydroxylation sites is 1. The number of ether oxygens (including phenoxy) is 3. The van der Waals surface area contributed by atoms with Crippen LogP contribution in [0.4, 0.5) is 0 Å². The van der Waals surface area contributed by atoms with Crippen molar-refractivity contribution in [1.29, 1.82) is 0 Å². The van der Waals surface area contributed by atoms with E-state index in [2.05, 4.69) is 26.1 Å². The van der Waals surface area contributed by atoms with Gasteiger partial charge in [-0.15, -0.1) is 0 Å². The lowest BCUT2D eigenvalue weighted by Crippen LogP contribution is -2.30. The molecular weight excluding hydrogens is 426 g/mol. The number of methoxy groups -OCH3 is 1. The monoisotopic (exact) mass is 453 g/mol. The zero-order chi connectivity index (χ0) is 24.0. The number of hydrogen-bond acceptors (Lipinski definition) is 7. The van der Waals surface area contributed by atoms with Crippen molar-refractivity contribution < 1.29 is 28.2 Å². The van der Waals surface area contributed by atoms with Gasteiger partial charge in [0.25, 0.3) is 5.91 Å². The summed E-state index contributed by atoms with van der Waals surface area (Å²) in [4.78, 5) is 36.7. The first-order chi connectivity index (χ1) is 15.7. The molecule has 8 heteroatoms. The number of hydrogen-bond donors (Lipinski definition) is 1. The molecule has 0 aliphatic heterocycles. The fourth-order valence-corrected chi connectivity index (χ4v) is 3.18. The molecule has 0 spiro atoms. The van der Waals surface area contributed by atoms with Gasteiger partial charge in [0.15, 0.2) is 6.61 Å². The molecule has 1 heterocycles. The van der Waals surface area contributed by atoms with Crippen molar-refractivity contribution >= 4 is 22.8 Å². The molecule has 0 aliphatic rings. The van der Waals surface area contributed by atoms with E-state index < -0.39 is 17.5 Å². The molecule has 0 atom stereocenters. The van der Waals surface area contributed by atoms with Gasteiger partial charge in [-0.25, -0.2) is 9.59 Å². The van der Waals surface area contributed by atoms with E-state index in [1.165, 1.54) is 19.2 Å². The number of esters is 1. The van der Waals surface area contributed by atoms with Crippen molar-refractivity contribution in [3.63, 3.8) is 0 Å². The van der Waals surface area contributed by atoms with E-state index in [1.54, 1.807) is 12.1 Å². The zero-order valence-electron chi connectivity index (χ0n) is 19.1. The molecule has 3 aromatic rings.